The lowest BCUT2D eigenvalue weighted by atomic mass is 10.1. The Labute approximate surface area is 81.1 Å². The van der Waals surface area contributed by atoms with Crippen LogP contribution in [0.25, 0.3) is 0 Å². The van der Waals surface area contributed by atoms with Crippen molar-refractivity contribution >= 4 is 5.91 Å². The molecule has 0 aliphatic carbocycles. The van der Waals surface area contributed by atoms with Gasteiger partial charge < -0.3 is 11.1 Å². The zero-order chi connectivity index (χ0) is 10.1. The molecule has 0 spiro atoms. The Bertz CT molecular complexity index is 135. The predicted molar refractivity (Wildman–Crippen MR) is 55.4 cm³/mol. The van der Waals surface area contributed by atoms with Gasteiger partial charge in [0.1, 0.15) is 0 Å². The summed E-state index contributed by atoms with van der Waals surface area (Å²) in [4.78, 5) is 11.1. The van der Waals surface area contributed by atoms with Crippen LogP contribution in [0.5, 0.6) is 0 Å². The van der Waals surface area contributed by atoms with Crippen molar-refractivity contribution in [1.82, 2.24) is 5.32 Å². The second-order valence-electron chi connectivity index (χ2n) is 3.78. The molecule has 3 nitrogen and oxygen atoms in total. The van der Waals surface area contributed by atoms with E-state index in [4.69, 9.17) is 5.73 Å². The van der Waals surface area contributed by atoms with Crippen molar-refractivity contribution < 1.29 is 4.79 Å². The third-order valence-electron chi connectivity index (χ3n) is 1.89. The maximum Gasteiger partial charge on any atom is 0.220 e. The first-order chi connectivity index (χ1) is 6.16. The van der Waals surface area contributed by atoms with Gasteiger partial charge in [-0.2, -0.15) is 0 Å². The van der Waals surface area contributed by atoms with Crippen LogP contribution in [0.15, 0.2) is 0 Å². The van der Waals surface area contributed by atoms with Crippen LogP contribution in [0, 0.1) is 5.92 Å². The molecule has 0 aromatic rings. The van der Waals surface area contributed by atoms with Crippen LogP contribution >= 0.6 is 0 Å². The summed E-state index contributed by atoms with van der Waals surface area (Å²) in [6.45, 7) is 5.79. The quantitative estimate of drug-likeness (QED) is 0.588. The summed E-state index contributed by atoms with van der Waals surface area (Å²) in [7, 11) is 0. The minimum absolute atomic E-state index is 0.134. The molecular weight excluding hydrogens is 164 g/mol. The van der Waals surface area contributed by atoms with Gasteiger partial charge in [0, 0.05) is 13.0 Å². The Morgan fingerprint density at radius 2 is 2.08 bits per heavy atom. The number of rotatable bonds is 7. The Hall–Kier alpha value is -0.570. The molecule has 78 valence electrons. The minimum Gasteiger partial charge on any atom is -0.356 e. The van der Waals surface area contributed by atoms with Crippen LogP contribution in [0.1, 0.15) is 39.5 Å². The van der Waals surface area contributed by atoms with E-state index in [1.54, 1.807) is 0 Å². The average Bonchev–Trinajstić information content (AvgIpc) is 2.08. The SMILES string of the molecule is CC(C)CCCNC(=O)CCCN. The molecule has 1 amide bonds. The Kier molecular flexibility index (Phi) is 7.69. The predicted octanol–water partition coefficient (Wildman–Crippen LogP) is 1.28. The zero-order valence-electron chi connectivity index (χ0n) is 8.81. The maximum absolute atomic E-state index is 11.1. The standard InChI is InChI=1S/C10H22N2O/c1-9(2)5-4-8-12-10(13)6-3-7-11/h9H,3-8,11H2,1-2H3,(H,12,13). The van der Waals surface area contributed by atoms with Crippen LogP contribution in [0.2, 0.25) is 0 Å². The first-order valence-electron chi connectivity index (χ1n) is 5.13. The van der Waals surface area contributed by atoms with Crippen molar-refractivity contribution in [3.63, 3.8) is 0 Å². The lowest BCUT2D eigenvalue weighted by molar-refractivity contribution is -0.121. The summed E-state index contributed by atoms with van der Waals surface area (Å²) in [6, 6.07) is 0. The fraction of sp³-hybridized carbons (Fsp3) is 0.900. The van der Waals surface area contributed by atoms with Gasteiger partial charge in [0.15, 0.2) is 0 Å². The van der Waals surface area contributed by atoms with Gasteiger partial charge in [-0.1, -0.05) is 13.8 Å². The molecule has 0 saturated heterocycles. The van der Waals surface area contributed by atoms with E-state index in [2.05, 4.69) is 19.2 Å². The smallest absolute Gasteiger partial charge is 0.220 e. The molecule has 3 N–H and O–H groups in total. The average molecular weight is 186 g/mol. The van der Waals surface area contributed by atoms with Crippen LogP contribution in [0.3, 0.4) is 0 Å². The highest BCUT2D eigenvalue weighted by Crippen LogP contribution is 2.01. The molecule has 0 aliphatic rings. The molecule has 0 aromatic carbocycles. The summed E-state index contributed by atoms with van der Waals surface area (Å²) >= 11 is 0. The van der Waals surface area contributed by atoms with Gasteiger partial charge in [0.25, 0.3) is 0 Å². The van der Waals surface area contributed by atoms with E-state index in [9.17, 15) is 4.79 Å². The monoisotopic (exact) mass is 186 g/mol. The van der Waals surface area contributed by atoms with Crippen molar-refractivity contribution in [2.75, 3.05) is 13.1 Å². The summed E-state index contributed by atoms with van der Waals surface area (Å²) in [6.07, 6.45) is 3.61. The number of hydrogen-bond donors (Lipinski definition) is 2. The molecule has 0 aliphatic heterocycles. The van der Waals surface area contributed by atoms with E-state index >= 15 is 0 Å². The highest BCUT2D eigenvalue weighted by Gasteiger charge is 1.99. The van der Waals surface area contributed by atoms with Gasteiger partial charge in [-0.05, 0) is 31.7 Å². The molecule has 3 heteroatoms. The molecule has 13 heavy (non-hydrogen) atoms. The molecular formula is C10H22N2O. The molecule has 0 bridgehead atoms. The molecule has 0 saturated carbocycles. The van der Waals surface area contributed by atoms with Gasteiger partial charge in [0.05, 0.1) is 0 Å². The molecule has 0 radical (unpaired) electrons. The molecule has 0 atom stereocenters. The first kappa shape index (κ1) is 12.4. The summed E-state index contributed by atoms with van der Waals surface area (Å²) in [5.41, 5.74) is 5.29. The third kappa shape index (κ3) is 9.34. The molecule has 0 unspecified atom stereocenters. The highest BCUT2D eigenvalue weighted by molar-refractivity contribution is 5.75. The van der Waals surface area contributed by atoms with Gasteiger partial charge in [-0.15, -0.1) is 0 Å². The first-order valence-corrected chi connectivity index (χ1v) is 5.13. The molecule has 0 rings (SSSR count). The van der Waals surface area contributed by atoms with E-state index in [0.717, 1.165) is 25.3 Å². The Morgan fingerprint density at radius 3 is 2.62 bits per heavy atom. The molecule has 0 aromatic heterocycles. The van der Waals surface area contributed by atoms with Crippen molar-refractivity contribution in [3.8, 4) is 0 Å². The van der Waals surface area contributed by atoms with Crippen molar-refractivity contribution in [2.24, 2.45) is 11.7 Å². The summed E-state index contributed by atoms with van der Waals surface area (Å²) < 4.78 is 0. The van der Waals surface area contributed by atoms with E-state index in [1.165, 1.54) is 6.42 Å². The maximum atomic E-state index is 11.1. The van der Waals surface area contributed by atoms with E-state index < -0.39 is 0 Å². The van der Waals surface area contributed by atoms with Gasteiger partial charge in [-0.25, -0.2) is 0 Å². The fourth-order valence-electron chi connectivity index (χ4n) is 1.09. The number of amides is 1. The van der Waals surface area contributed by atoms with Gasteiger partial charge in [0.2, 0.25) is 5.91 Å². The third-order valence-corrected chi connectivity index (χ3v) is 1.89. The van der Waals surface area contributed by atoms with Crippen molar-refractivity contribution in [3.05, 3.63) is 0 Å². The number of nitrogens with two attached hydrogens (primary N) is 1. The topological polar surface area (TPSA) is 55.1 Å². The molecule has 0 heterocycles. The van der Waals surface area contributed by atoms with E-state index in [1.807, 2.05) is 0 Å². The summed E-state index contributed by atoms with van der Waals surface area (Å²) in [5.74, 6) is 0.857. The normalized spacial score (nSPS) is 10.5. The lowest BCUT2D eigenvalue weighted by Crippen LogP contribution is -2.24. The van der Waals surface area contributed by atoms with Crippen LogP contribution in [0.4, 0.5) is 0 Å². The van der Waals surface area contributed by atoms with Crippen LogP contribution in [-0.4, -0.2) is 19.0 Å². The van der Waals surface area contributed by atoms with Gasteiger partial charge in [-0.3, -0.25) is 4.79 Å². The fourth-order valence-corrected chi connectivity index (χ4v) is 1.09. The largest absolute Gasteiger partial charge is 0.356 e. The number of nitrogens with one attached hydrogen (secondary N) is 1. The van der Waals surface area contributed by atoms with Crippen LogP contribution < -0.4 is 11.1 Å². The van der Waals surface area contributed by atoms with E-state index in [0.29, 0.717) is 13.0 Å². The number of carbonyl (C=O) groups is 1. The lowest BCUT2D eigenvalue weighted by Gasteiger charge is -2.06. The highest BCUT2D eigenvalue weighted by atomic mass is 16.1. The van der Waals surface area contributed by atoms with Crippen LogP contribution in [-0.2, 0) is 4.79 Å². The number of carbonyl (C=O) groups excluding carboxylic acids is 1. The second-order valence-corrected chi connectivity index (χ2v) is 3.78. The number of hydrogen-bond acceptors (Lipinski definition) is 2. The van der Waals surface area contributed by atoms with Gasteiger partial charge >= 0.3 is 0 Å². The molecule has 0 fully saturated rings. The van der Waals surface area contributed by atoms with Crippen molar-refractivity contribution in [2.45, 2.75) is 39.5 Å². The second kappa shape index (κ2) is 8.05. The Balaban J connectivity index is 3.17. The Morgan fingerprint density at radius 1 is 1.38 bits per heavy atom. The summed E-state index contributed by atoms with van der Waals surface area (Å²) in [5, 5.41) is 2.88. The zero-order valence-corrected chi connectivity index (χ0v) is 8.81. The van der Waals surface area contributed by atoms with E-state index in [-0.39, 0.29) is 5.91 Å². The minimum atomic E-state index is 0.134. The van der Waals surface area contributed by atoms with Crippen molar-refractivity contribution in [1.29, 1.82) is 0 Å².